The monoisotopic (exact) mass is 317 g/mol. The van der Waals surface area contributed by atoms with Crippen LogP contribution in [0, 0.1) is 5.82 Å². The zero-order valence-corrected chi connectivity index (χ0v) is 12.2. The van der Waals surface area contributed by atoms with Crippen molar-refractivity contribution in [2.75, 3.05) is 26.4 Å². The van der Waals surface area contributed by atoms with Crippen molar-refractivity contribution >= 4 is 17.5 Å². The molecule has 0 atom stereocenters. The Labute approximate surface area is 127 Å². The lowest BCUT2D eigenvalue weighted by Crippen LogP contribution is -2.55. The van der Waals surface area contributed by atoms with E-state index in [2.05, 4.69) is 5.32 Å². The summed E-state index contributed by atoms with van der Waals surface area (Å²) in [7, 11) is 0. The predicted octanol–water partition coefficient (Wildman–Crippen LogP) is 1.52. The van der Waals surface area contributed by atoms with Gasteiger partial charge in [-0.15, -0.1) is 0 Å². The summed E-state index contributed by atoms with van der Waals surface area (Å²) in [5, 5.41) is 12.4. The standard InChI is InChI=1S/C14H17ClFNO4/c15-11-7-10(16)1-2-12(11)21-8-13(19)17-14(9-18)3-5-20-6-4-14/h1-2,7,18H,3-6,8-9H2,(H,17,19). The molecule has 5 nitrogen and oxygen atoms in total. The number of aliphatic hydroxyl groups excluding tert-OH is 1. The van der Waals surface area contributed by atoms with Crippen LogP contribution in [0.25, 0.3) is 0 Å². The van der Waals surface area contributed by atoms with Crippen LogP contribution in [-0.4, -0.2) is 43.0 Å². The second-order valence-electron chi connectivity index (χ2n) is 4.96. The molecule has 1 aromatic rings. The zero-order valence-electron chi connectivity index (χ0n) is 11.4. The molecule has 1 aromatic carbocycles. The molecule has 116 valence electrons. The van der Waals surface area contributed by atoms with Gasteiger partial charge in [-0.3, -0.25) is 4.79 Å². The number of aliphatic hydroxyl groups is 1. The third-order valence-corrected chi connectivity index (χ3v) is 3.71. The first-order chi connectivity index (χ1) is 10.0. The van der Waals surface area contributed by atoms with Crippen molar-refractivity contribution < 1.29 is 23.8 Å². The molecule has 1 aliphatic rings. The summed E-state index contributed by atoms with van der Waals surface area (Å²) >= 11 is 5.81. The molecule has 1 aliphatic heterocycles. The Bertz CT molecular complexity index is 506. The number of carbonyl (C=O) groups is 1. The van der Waals surface area contributed by atoms with E-state index in [4.69, 9.17) is 21.1 Å². The largest absolute Gasteiger partial charge is 0.482 e. The van der Waals surface area contributed by atoms with Gasteiger partial charge in [0.1, 0.15) is 11.6 Å². The van der Waals surface area contributed by atoms with Gasteiger partial charge in [0.15, 0.2) is 6.61 Å². The Morgan fingerprint density at radius 1 is 1.48 bits per heavy atom. The van der Waals surface area contributed by atoms with Crippen molar-refractivity contribution in [3.05, 3.63) is 29.0 Å². The maximum Gasteiger partial charge on any atom is 0.258 e. The minimum atomic E-state index is -0.661. The van der Waals surface area contributed by atoms with E-state index in [1.54, 1.807) is 0 Å². The first-order valence-corrected chi connectivity index (χ1v) is 7.00. The molecular formula is C14H17ClFNO4. The van der Waals surface area contributed by atoms with Crippen molar-refractivity contribution in [3.8, 4) is 5.75 Å². The molecule has 7 heteroatoms. The summed E-state index contributed by atoms with van der Waals surface area (Å²) in [6, 6.07) is 3.68. The van der Waals surface area contributed by atoms with Crippen molar-refractivity contribution in [1.29, 1.82) is 0 Å². The highest BCUT2D eigenvalue weighted by atomic mass is 35.5. The van der Waals surface area contributed by atoms with Gasteiger partial charge in [0.2, 0.25) is 0 Å². The molecule has 0 radical (unpaired) electrons. The predicted molar refractivity (Wildman–Crippen MR) is 74.9 cm³/mol. The van der Waals surface area contributed by atoms with Crippen molar-refractivity contribution in [3.63, 3.8) is 0 Å². The van der Waals surface area contributed by atoms with Crippen LogP contribution in [0.1, 0.15) is 12.8 Å². The van der Waals surface area contributed by atoms with E-state index >= 15 is 0 Å². The van der Waals surface area contributed by atoms with Crippen molar-refractivity contribution in [2.45, 2.75) is 18.4 Å². The van der Waals surface area contributed by atoms with Crippen LogP contribution in [0.4, 0.5) is 4.39 Å². The highest BCUT2D eigenvalue weighted by Gasteiger charge is 2.33. The van der Waals surface area contributed by atoms with Gasteiger partial charge in [0.05, 0.1) is 17.2 Å². The molecule has 0 aromatic heterocycles. The normalized spacial score (nSPS) is 17.3. The smallest absolute Gasteiger partial charge is 0.258 e. The van der Waals surface area contributed by atoms with Gasteiger partial charge in [-0.25, -0.2) is 4.39 Å². The minimum absolute atomic E-state index is 0.103. The Morgan fingerprint density at radius 2 is 2.19 bits per heavy atom. The van der Waals surface area contributed by atoms with Gasteiger partial charge in [-0.2, -0.15) is 0 Å². The van der Waals surface area contributed by atoms with Crippen LogP contribution in [0.3, 0.4) is 0 Å². The second kappa shape index (κ2) is 7.06. The number of rotatable bonds is 5. The number of carbonyl (C=O) groups excluding carboxylic acids is 1. The van der Waals surface area contributed by atoms with Gasteiger partial charge >= 0.3 is 0 Å². The molecule has 2 rings (SSSR count). The maximum atomic E-state index is 12.9. The minimum Gasteiger partial charge on any atom is -0.482 e. The quantitative estimate of drug-likeness (QED) is 0.864. The van der Waals surface area contributed by atoms with Crippen LogP contribution in [0.15, 0.2) is 18.2 Å². The Morgan fingerprint density at radius 3 is 2.81 bits per heavy atom. The average molecular weight is 318 g/mol. The van der Waals surface area contributed by atoms with Crippen LogP contribution < -0.4 is 10.1 Å². The third-order valence-electron chi connectivity index (χ3n) is 3.41. The molecule has 0 unspecified atom stereocenters. The van der Waals surface area contributed by atoms with E-state index in [9.17, 15) is 14.3 Å². The fourth-order valence-corrected chi connectivity index (χ4v) is 2.37. The lowest BCUT2D eigenvalue weighted by atomic mass is 9.91. The summed E-state index contributed by atoms with van der Waals surface area (Å²) in [4.78, 5) is 11.9. The summed E-state index contributed by atoms with van der Waals surface area (Å²) in [6.45, 7) is 0.574. The maximum absolute atomic E-state index is 12.9. The van der Waals surface area contributed by atoms with Gasteiger partial charge in [0, 0.05) is 13.2 Å². The van der Waals surface area contributed by atoms with Gasteiger partial charge in [-0.05, 0) is 31.0 Å². The van der Waals surface area contributed by atoms with E-state index in [0.717, 1.165) is 6.07 Å². The lowest BCUT2D eigenvalue weighted by molar-refractivity contribution is -0.127. The van der Waals surface area contributed by atoms with Crippen molar-refractivity contribution in [1.82, 2.24) is 5.32 Å². The van der Waals surface area contributed by atoms with Crippen molar-refractivity contribution in [2.24, 2.45) is 0 Å². The molecule has 1 fully saturated rings. The first kappa shape index (κ1) is 16.0. The molecule has 0 saturated carbocycles. The third kappa shape index (κ3) is 4.30. The summed E-state index contributed by atoms with van der Waals surface area (Å²) in [5.41, 5.74) is -0.661. The van der Waals surface area contributed by atoms with Gasteiger partial charge in [0.25, 0.3) is 5.91 Å². The molecule has 0 aliphatic carbocycles. The van der Waals surface area contributed by atoms with E-state index in [1.807, 2.05) is 0 Å². The number of hydrogen-bond acceptors (Lipinski definition) is 4. The second-order valence-corrected chi connectivity index (χ2v) is 5.37. The Balaban J connectivity index is 1.89. The Hall–Kier alpha value is -1.37. The number of nitrogens with one attached hydrogen (secondary N) is 1. The van der Waals surface area contributed by atoms with E-state index in [0.29, 0.717) is 26.1 Å². The van der Waals surface area contributed by atoms with Crippen LogP contribution in [0.5, 0.6) is 5.75 Å². The summed E-state index contributed by atoms with van der Waals surface area (Å²) in [5.74, 6) is -0.608. The SMILES string of the molecule is O=C(COc1ccc(F)cc1Cl)NC1(CO)CCOCC1. The van der Waals surface area contributed by atoms with Crippen LogP contribution in [-0.2, 0) is 9.53 Å². The Kier molecular flexibility index (Phi) is 5.39. The summed E-state index contributed by atoms with van der Waals surface area (Å²) < 4.78 is 23.4. The van der Waals surface area contributed by atoms with Crippen LogP contribution in [0.2, 0.25) is 5.02 Å². The molecular weight excluding hydrogens is 301 g/mol. The van der Waals surface area contributed by atoms with Gasteiger partial charge in [-0.1, -0.05) is 11.6 Å². The fourth-order valence-electron chi connectivity index (χ4n) is 2.15. The van der Waals surface area contributed by atoms with E-state index in [-0.39, 0.29) is 29.9 Å². The molecule has 2 N–H and O–H groups in total. The number of halogens is 2. The number of ether oxygens (including phenoxy) is 2. The highest BCUT2D eigenvalue weighted by Crippen LogP contribution is 2.25. The fraction of sp³-hybridized carbons (Fsp3) is 0.500. The molecule has 1 amide bonds. The van der Waals surface area contributed by atoms with E-state index < -0.39 is 11.4 Å². The lowest BCUT2D eigenvalue weighted by Gasteiger charge is -2.36. The molecule has 21 heavy (non-hydrogen) atoms. The number of amides is 1. The number of benzene rings is 1. The highest BCUT2D eigenvalue weighted by molar-refractivity contribution is 6.32. The first-order valence-electron chi connectivity index (χ1n) is 6.62. The van der Waals surface area contributed by atoms with E-state index in [1.165, 1.54) is 12.1 Å². The molecule has 0 spiro atoms. The topological polar surface area (TPSA) is 67.8 Å². The molecule has 1 heterocycles. The average Bonchev–Trinajstić information content (AvgIpc) is 2.47. The molecule has 1 saturated heterocycles. The van der Waals surface area contributed by atoms with Gasteiger partial charge < -0.3 is 19.9 Å². The summed E-state index contributed by atoms with van der Waals surface area (Å²) in [6.07, 6.45) is 1.10. The van der Waals surface area contributed by atoms with Crippen LogP contribution >= 0.6 is 11.6 Å². The molecule has 0 bridgehead atoms. The number of hydrogen-bond donors (Lipinski definition) is 2. The zero-order chi connectivity index (χ0) is 15.3.